The molecule has 0 fully saturated rings. The summed E-state index contributed by atoms with van der Waals surface area (Å²) in [6.45, 7) is 0.155. The van der Waals surface area contributed by atoms with Gasteiger partial charge in [-0.25, -0.2) is 9.37 Å². The number of aromatic nitrogens is 1. The number of fused-ring (bicyclic) bond motifs is 1. The van der Waals surface area contributed by atoms with Gasteiger partial charge in [-0.05, 0) is 28.1 Å². The van der Waals surface area contributed by atoms with Gasteiger partial charge in [0.1, 0.15) is 16.7 Å². The molecule has 0 amide bonds. The third-order valence-corrected chi connectivity index (χ3v) is 4.75. The number of anilines is 1. The molecule has 3 N–H and O–H groups in total. The lowest BCUT2D eigenvalue weighted by Crippen LogP contribution is -2.14. The number of nitrogen functional groups attached to an aromatic ring is 1. The second-order valence-electron chi connectivity index (χ2n) is 5.06. The zero-order valence-corrected chi connectivity index (χ0v) is 14.2. The van der Waals surface area contributed by atoms with Crippen LogP contribution in [0.1, 0.15) is 17.0 Å². The van der Waals surface area contributed by atoms with Crippen molar-refractivity contribution in [3.05, 3.63) is 44.8 Å². The van der Waals surface area contributed by atoms with Gasteiger partial charge in [0.05, 0.1) is 30.2 Å². The lowest BCUT2D eigenvalue weighted by Gasteiger charge is -2.15. The molecule has 0 bridgehead atoms. The van der Waals surface area contributed by atoms with E-state index in [-0.39, 0.29) is 29.1 Å². The molecule has 0 spiro atoms. The Kier molecular flexibility index (Phi) is 4.61. The van der Waals surface area contributed by atoms with E-state index in [1.54, 1.807) is 12.1 Å². The fourth-order valence-electron chi connectivity index (χ4n) is 2.52. The van der Waals surface area contributed by atoms with E-state index in [0.717, 1.165) is 0 Å². The fraction of sp³-hybridized carbons (Fsp3) is 0.267. The molecule has 2 heterocycles. The number of hydrogen-bond donors (Lipinski definition) is 2. The molecule has 3 rings (SSSR count). The molecule has 0 saturated carbocycles. The van der Waals surface area contributed by atoms with Crippen LogP contribution < -0.4 is 15.2 Å². The van der Waals surface area contributed by atoms with Crippen molar-refractivity contribution in [2.24, 2.45) is 0 Å². The van der Waals surface area contributed by atoms with Gasteiger partial charge in [0.2, 0.25) is 0 Å². The number of aliphatic hydroxyl groups is 1. The maximum absolute atomic E-state index is 13.8. The monoisotopic (exact) mass is 402 g/mol. The van der Waals surface area contributed by atoms with Gasteiger partial charge in [0, 0.05) is 17.2 Å². The number of hydrogen-bond acceptors (Lipinski definition) is 5. The molecule has 2 aromatic rings. The number of rotatable bonds is 4. The first-order valence-corrected chi connectivity index (χ1v) is 7.97. The molecule has 1 aliphatic rings. The first-order valence-electron chi connectivity index (χ1n) is 6.80. The Morgan fingerprint density at radius 1 is 1.52 bits per heavy atom. The van der Waals surface area contributed by atoms with E-state index in [4.69, 9.17) is 26.8 Å². The molecule has 1 aromatic carbocycles. The predicted molar refractivity (Wildman–Crippen MR) is 87.4 cm³/mol. The summed E-state index contributed by atoms with van der Waals surface area (Å²) >= 11 is 9.11. The molecule has 8 heteroatoms. The van der Waals surface area contributed by atoms with E-state index in [1.807, 2.05) is 0 Å². The molecule has 1 aliphatic heterocycles. The maximum atomic E-state index is 13.8. The van der Waals surface area contributed by atoms with Gasteiger partial charge in [-0.3, -0.25) is 0 Å². The van der Waals surface area contributed by atoms with Gasteiger partial charge < -0.3 is 20.3 Å². The van der Waals surface area contributed by atoms with Crippen LogP contribution in [0.5, 0.6) is 11.5 Å². The number of nitrogens with zero attached hydrogens (tertiary/aromatic N) is 1. The van der Waals surface area contributed by atoms with Gasteiger partial charge in [-0.1, -0.05) is 11.6 Å². The van der Waals surface area contributed by atoms with Crippen molar-refractivity contribution in [2.75, 3.05) is 18.9 Å². The van der Waals surface area contributed by atoms with Gasteiger partial charge in [0.15, 0.2) is 11.6 Å². The van der Waals surface area contributed by atoms with Crippen molar-refractivity contribution in [1.29, 1.82) is 0 Å². The summed E-state index contributed by atoms with van der Waals surface area (Å²) in [6.07, 6.45) is 0. The zero-order chi connectivity index (χ0) is 16.6. The van der Waals surface area contributed by atoms with Crippen LogP contribution in [0.15, 0.2) is 22.7 Å². The Bertz CT molecular complexity index is 760. The second-order valence-corrected chi connectivity index (χ2v) is 6.27. The van der Waals surface area contributed by atoms with Crippen LogP contribution in [0.25, 0.3) is 0 Å². The quantitative estimate of drug-likeness (QED) is 0.766. The van der Waals surface area contributed by atoms with Crippen LogP contribution in [0.4, 0.5) is 10.2 Å². The SMILES string of the molecule is Nc1nc(Cl)c(Br)cc1OCC1COc2ccc(F)c(CO)c21. The van der Waals surface area contributed by atoms with E-state index >= 15 is 0 Å². The molecule has 0 aliphatic carbocycles. The molecule has 1 unspecified atom stereocenters. The van der Waals surface area contributed by atoms with Crippen LogP contribution in [0, 0.1) is 5.82 Å². The summed E-state index contributed by atoms with van der Waals surface area (Å²) in [4.78, 5) is 3.95. The molecule has 1 atom stereocenters. The smallest absolute Gasteiger partial charge is 0.167 e. The van der Waals surface area contributed by atoms with Crippen LogP contribution in [-0.2, 0) is 6.61 Å². The number of aliphatic hydroxyl groups excluding tert-OH is 1. The average Bonchev–Trinajstić information content (AvgIpc) is 2.93. The van der Waals surface area contributed by atoms with Crippen LogP contribution in [-0.4, -0.2) is 23.3 Å². The Labute approximate surface area is 145 Å². The molecule has 1 aromatic heterocycles. The fourth-order valence-corrected chi connectivity index (χ4v) is 2.97. The van der Waals surface area contributed by atoms with E-state index in [0.29, 0.717) is 28.1 Å². The van der Waals surface area contributed by atoms with E-state index in [1.165, 1.54) is 6.07 Å². The summed E-state index contributed by atoms with van der Waals surface area (Å²) < 4.78 is 25.6. The summed E-state index contributed by atoms with van der Waals surface area (Å²) in [5.74, 6) is 0.428. The third kappa shape index (κ3) is 3.08. The third-order valence-electron chi connectivity index (χ3n) is 3.63. The Hall–Kier alpha value is -1.57. The van der Waals surface area contributed by atoms with Crippen LogP contribution >= 0.6 is 27.5 Å². The van der Waals surface area contributed by atoms with E-state index in [2.05, 4.69) is 20.9 Å². The summed E-state index contributed by atoms with van der Waals surface area (Å²) in [7, 11) is 0. The van der Waals surface area contributed by atoms with E-state index in [9.17, 15) is 9.50 Å². The van der Waals surface area contributed by atoms with Gasteiger partial charge >= 0.3 is 0 Å². The summed E-state index contributed by atoms with van der Waals surface area (Å²) in [5.41, 5.74) is 6.64. The Morgan fingerprint density at radius 2 is 2.30 bits per heavy atom. The molecular weight excluding hydrogens is 391 g/mol. The molecule has 23 heavy (non-hydrogen) atoms. The van der Waals surface area contributed by atoms with Crippen molar-refractivity contribution >= 4 is 33.3 Å². The number of nitrogens with two attached hydrogens (primary N) is 1. The molecular formula is C15H13BrClFN2O3. The highest BCUT2D eigenvalue weighted by Gasteiger charge is 2.29. The highest BCUT2D eigenvalue weighted by atomic mass is 79.9. The van der Waals surface area contributed by atoms with E-state index < -0.39 is 12.4 Å². The van der Waals surface area contributed by atoms with Gasteiger partial charge in [-0.15, -0.1) is 0 Å². The summed E-state index contributed by atoms with van der Waals surface area (Å²) in [6, 6.07) is 4.46. The minimum absolute atomic E-state index is 0.166. The minimum Gasteiger partial charge on any atom is -0.492 e. The number of benzene rings is 1. The van der Waals surface area contributed by atoms with Crippen molar-refractivity contribution in [2.45, 2.75) is 12.5 Å². The maximum Gasteiger partial charge on any atom is 0.167 e. The zero-order valence-electron chi connectivity index (χ0n) is 11.9. The largest absolute Gasteiger partial charge is 0.492 e. The van der Waals surface area contributed by atoms with Crippen molar-refractivity contribution in [3.63, 3.8) is 0 Å². The standard InChI is InChI=1S/C15H13BrClFN2O3/c16-9-3-12(15(19)20-14(9)17)23-6-7-5-22-11-2-1-10(18)8(4-21)13(7)11/h1-3,7,21H,4-6H2,(H2,19,20). The lowest BCUT2D eigenvalue weighted by atomic mass is 9.96. The lowest BCUT2D eigenvalue weighted by molar-refractivity contribution is 0.245. The molecule has 5 nitrogen and oxygen atoms in total. The van der Waals surface area contributed by atoms with Crippen molar-refractivity contribution in [1.82, 2.24) is 4.98 Å². The second kappa shape index (κ2) is 6.51. The highest BCUT2D eigenvalue weighted by Crippen LogP contribution is 2.39. The predicted octanol–water partition coefficient (Wildman–Crippen LogP) is 3.27. The minimum atomic E-state index is -0.461. The number of ether oxygens (including phenoxy) is 2. The van der Waals surface area contributed by atoms with Crippen LogP contribution in [0.3, 0.4) is 0 Å². The first-order chi connectivity index (χ1) is 11.0. The van der Waals surface area contributed by atoms with Gasteiger partial charge in [-0.2, -0.15) is 0 Å². The topological polar surface area (TPSA) is 77.6 Å². The highest BCUT2D eigenvalue weighted by molar-refractivity contribution is 9.10. The normalized spacial score (nSPS) is 16.1. The number of pyridine rings is 1. The van der Waals surface area contributed by atoms with Crippen LogP contribution in [0.2, 0.25) is 5.15 Å². The Morgan fingerprint density at radius 3 is 3.04 bits per heavy atom. The summed E-state index contributed by atoms with van der Waals surface area (Å²) in [5, 5.41) is 9.65. The average molecular weight is 404 g/mol. The van der Waals surface area contributed by atoms with Crippen molar-refractivity contribution in [3.8, 4) is 11.5 Å². The molecule has 0 saturated heterocycles. The molecule has 122 valence electrons. The Balaban J connectivity index is 1.82. The van der Waals surface area contributed by atoms with Crippen molar-refractivity contribution < 1.29 is 19.0 Å². The molecule has 0 radical (unpaired) electrons. The van der Waals surface area contributed by atoms with Gasteiger partial charge in [0.25, 0.3) is 0 Å². The first kappa shape index (κ1) is 16.3. The number of halogens is 3.